The van der Waals surface area contributed by atoms with E-state index in [-0.39, 0.29) is 0 Å². The van der Waals surface area contributed by atoms with Gasteiger partial charge in [0, 0.05) is 5.92 Å². The van der Waals surface area contributed by atoms with E-state index in [2.05, 4.69) is 0 Å². The normalized spacial score (nSPS) is 13.9. The van der Waals surface area contributed by atoms with Crippen molar-refractivity contribution in [1.82, 2.24) is 0 Å². The van der Waals surface area contributed by atoms with E-state index in [0.717, 1.165) is 6.92 Å². The van der Waals surface area contributed by atoms with Gasteiger partial charge in [-0.25, -0.2) is 4.79 Å². The summed E-state index contributed by atoms with van der Waals surface area (Å²) in [4.78, 5) is 20.2. The molecule has 0 radical (unpaired) electrons. The van der Waals surface area contributed by atoms with Crippen LogP contribution < -0.4 is 0 Å². The van der Waals surface area contributed by atoms with Gasteiger partial charge in [0.2, 0.25) is 0 Å². The van der Waals surface area contributed by atoms with Crippen LogP contribution in [-0.4, -0.2) is 38.2 Å². The molecule has 1 atom stereocenters. The SMILES string of the molecule is CC(CC(=O)O)C(O)(O)C(=O)O. The molecule has 0 saturated heterocycles. The molecule has 6 nitrogen and oxygen atoms in total. The lowest BCUT2D eigenvalue weighted by molar-refractivity contribution is -0.221. The number of carboxylic acids is 2. The van der Waals surface area contributed by atoms with Crippen molar-refractivity contribution in [3.8, 4) is 0 Å². The van der Waals surface area contributed by atoms with Crippen LogP contribution >= 0.6 is 0 Å². The summed E-state index contributed by atoms with van der Waals surface area (Å²) in [5.41, 5.74) is 0. The molecule has 12 heavy (non-hydrogen) atoms. The quantitative estimate of drug-likeness (QED) is 0.404. The zero-order valence-corrected chi connectivity index (χ0v) is 6.39. The third kappa shape index (κ3) is 2.48. The summed E-state index contributed by atoms with van der Waals surface area (Å²) in [7, 11) is 0. The molecule has 6 heteroatoms. The zero-order valence-electron chi connectivity index (χ0n) is 6.39. The molecular weight excluding hydrogens is 168 g/mol. The Balaban J connectivity index is 4.35. The fourth-order valence-corrected chi connectivity index (χ4v) is 0.615. The molecule has 0 aliphatic rings. The van der Waals surface area contributed by atoms with Crippen LogP contribution in [0.3, 0.4) is 0 Å². The molecule has 0 bridgehead atoms. The maximum absolute atomic E-state index is 10.2. The third-order valence-corrected chi connectivity index (χ3v) is 1.48. The van der Waals surface area contributed by atoms with Crippen LogP contribution in [0.5, 0.6) is 0 Å². The molecule has 0 fully saturated rings. The Morgan fingerprint density at radius 3 is 2.00 bits per heavy atom. The number of hydrogen-bond donors (Lipinski definition) is 4. The Morgan fingerprint density at radius 1 is 1.33 bits per heavy atom. The molecule has 0 aromatic heterocycles. The number of carbonyl (C=O) groups is 2. The predicted octanol–water partition coefficient (Wildman–Crippen LogP) is -1.14. The maximum Gasteiger partial charge on any atom is 0.364 e. The van der Waals surface area contributed by atoms with E-state index in [9.17, 15) is 9.59 Å². The van der Waals surface area contributed by atoms with Crippen molar-refractivity contribution in [3.63, 3.8) is 0 Å². The van der Waals surface area contributed by atoms with E-state index < -0.39 is 30.1 Å². The van der Waals surface area contributed by atoms with Crippen LogP contribution in [0.1, 0.15) is 13.3 Å². The highest BCUT2D eigenvalue weighted by Crippen LogP contribution is 2.17. The Morgan fingerprint density at radius 2 is 1.75 bits per heavy atom. The molecule has 0 aliphatic carbocycles. The molecule has 0 spiro atoms. The molecule has 0 saturated carbocycles. The Bertz CT molecular complexity index is 196. The molecule has 0 heterocycles. The van der Waals surface area contributed by atoms with Gasteiger partial charge in [-0.05, 0) is 0 Å². The second-order valence-electron chi connectivity index (χ2n) is 2.53. The zero-order chi connectivity index (χ0) is 9.94. The first kappa shape index (κ1) is 10.9. The van der Waals surface area contributed by atoms with Crippen molar-refractivity contribution in [2.75, 3.05) is 0 Å². The van der Waals surface area contributed by atoms with Crippen LogP contribution in [0.15, 0.2) is 0 Å². The lowest BCUT2D eigenvalue weighted by Crippen LogP contribution is -2.45. The second kappa shape index (κ2) is 3.51. The molecule has 0 aromatic carbocycles. The lowest BCUT2D eigenvalue weighted by atomic mass is 9.97. The first-order valence-corrected chi connectivity index (χ1v) is 3.18. The maximum atomic E-state index is 10.2. The molecule has 0 aromatic rings. The van der Waals surface area contributed by atoms with Crippen LogP contribution in [0.4, 0.5) is 0 Å². The van der Waals surface area contributed by atoms with Crippen molar-refractivity contribution in [2.45, 2.75) is 19.1 Å². The molecule has 1 unspecified atom stereocenters. The Labute approximate surface area is 68.1 Å². The van der Waals surface area contributed by atoms with Gasteiger partial charge >= 0.3 is 11.9 Å². The van der Waals surface area contributed by atoms with Gasteiger partial charge in [0.05, 0.1) is 6.42 Å². The van der Waals surface area contributed by atoms with Gasteiger partial charge in [-0.3, -0.25) is 4.79 Å². The van der Waals surface area contributed by atoms with E-state index in [1.807, 2.05) is 0 Å². The number of rotatable bonds is 4. The van der Waals surface area contributed by atoms with Crippen LogP contribution in [0.2, 0.25) is 0 Å². The van der Waals surface area contributed by atoms with Crippen LogP contribution in [0.25, 0.3) is 0 Å². The predicted molar refractivity (Wildman–Crippen MR) is 36.2 cm³/mol. The van der Waals surface area contributed by atoms with Crippen molar-refractivity contribution in [2.24, 2.45) is 5.92 Å². The van der Waals surface area contributed by atoms with Crippen LogP contribution in [-0.2, 0) is 9.59 Å². The summed E-state index contributed by atoms with van der Waals surface area (Å²) in [5.74, 6) is -7.36. The average Bonchev–Trinajstić information content (AvgIpc) is 1.85. The van der Waals surface area contributed by atoms with Gasteiger partial charge in [-0.1, -0.05) is 6.92 Å². The van der Waals surface area contributed by atoms with Gasteiger partial charge in [-0.2, -0.15) is 0 Å². The third-order valence-electron chi connectivity index (χ3n) is 1.48. The second-order valence-corrected chi connectivity index (χ2v) is 2.53. The first-order chi connectivity index (χ1) is 5.28. The monoisotopic (exact) mass is 178 g/mol. The van der Waals surface area contributed by atoms with Gasteiger partial charge in [0.25, 0.3) is 5.79 Å². The van der Waals surface area contributed by atoms with Gasteiger partial charge < -0.3 is 20.4 Å². The number of carboxylic acid groups (broad SMARTS) is 2. The fraction of sp³-hybridized carbons (Fsp3) is 0.667. The van der Waals surface area contributed by atoms with E-state index in [1.54, 1.807) is 0 Å². The van der Waals surface area contributed by atoms with E-state index in [0.29, 0.717) is 0 Å². The standard InChI is InChI=1S/C6H10O6/c1-3(2-4(7)8)6(11,12)5(9)10/h3,11-12H,2H2,1H3,(H,7,8)(H,9,10). The molecule has 0 aliphatic heterocycles. The average molecular weight is 178 g/mol. The molecule has 70 valence electrons. The van der Waals surface area contributed by atoms with E-state index in [1.165, 1.54) is 0 Å². The van der Waals surface area contributed by atoms with Crippen molar-refractivity contribution in [1.29, 1.82) is 0 Å². The summed E-state index contributed by atoms with van der Waals surface area (Å²) in [5, 5.41) is 34.0. The summed E-state index contributed by atoms with van der Waals surface area (Å²) in [6, 6.07) is 0. The molecular formula is C6H10O6. The largest absolute Gasteiger partial charge is 0.481 e. The van der Waals surface area contributed by atoms with Crippen LogP contribution in [0, 0.1) is 5.92 Å². The summed E-state index contributed by atoms with van der Waals surface area (Å²) in [6.45, 7) is 1.13. The summed E-state index contributed by atoms with van der Waals surface area (Å²) in [6.07, 6.45) is -0.612. The van der Waals surface area contributed by atoms with E-state index >= 15 is 0 Å². The van der Waals surface area contributed by atoms with E-state index in [4.69, 9.17) is 20.4 Å². The van der Waals surface area contributed by atoms with Gasteiger partial charge in [0.1, 0.15) is 0 Å². The van der Waals surface area contributed by atoms with Gasteiger partial charge in [0.15, 0.2) is 0 Å². The number of aliphatic carboxylic acids is 2. The molecule has 0 rings (SSSR count). The highest BCUT2D eigenvalue weighted by atomic mass is 16.5. The highest BCUT2D eigenvalue weighted by Gasteiger charge is 2.40. The molecule has 0 amide bonds. The minimum atomic E-state index is -2.97. The Hall–Kier alpha value is -1.14. The fourth-order valence-electron chi connectivity index (χ4n) is 0.615. The van der Waals surface area contributed by atoms with Crippen molar-refractivity contribution in [3.05, 3.63) is 0 Å². The summed E-state index contributed by atoms with van der Waals surface area (Å²) < 4.78 is 0. The molecule has 4 N–H and O–H groups in total. The van der Waals surface area contributed by atoms with Crippen molar-refractivity contribution >= 4 is 11.9 Å². The topological polar surface area (TPSA) is 115 Å². The highest BCUT2D eigenvalue weighted by molar-refractivity contribution is 5.76. The summed E-state index contributed by atoms with van der Waals surface area (Å²) >= 11 is 0. The minimum absolute atomic E-state index is 0.612. The van der Waals surface area contributed by atoms with Gasteiger partial charge in [-0.15, -0.1) is 0 Å². The number of hydrogen-bond acceptors (Lipinski definition) is 4. The smallest absolute Gasteiger partial charge is 0.364 e. The first-order valence-electron chi connectivity index (χ1n) is 3.18. The lowest BCUT2D eigenvalue weighted by Gasteiger charge is -2.22. The number of aliphatic hydroxyl groups is 2. The van der Waals surface area contributed by atoms with Crippen molar-refractivity contribution < 1.29 is 30.0 Å². The Kier molecular flexibility index (Phi) is 3.17. The minimum Gasteiger partial charge on any atom is -0.481 e.